The molecule has 112 valence electrons. The van der Waals surface area contributed by atoms with Gasteiger partial charge in [-0.2, -0.15) is 0 Å². The first-order chi connectivity index (χ1) is 10.0. The fourth-order valence-electron chi connectivity index (χ4n) is 1.97. The van der Waals surface area contributed by atoms with Gasteiger partial charge in [-0.25, -0.2) is 4.39 Å². The lowest BCUT2D eigenvalue weighted by Crippen LogP contribution is -2.13. The predicted molar refractivity (Wildman–Crippen MR) is 90.1 cm³/mol. The molecule has 0 fully saturated rings. The van der Waals surface area contributed by atoms with Gasteiger partial charge in [0.25, 0.3) is 0 Å². The second kappa shape index (κ2) is 7.38. The Balaban J connectivity index is 2.27. The molecule has 2 nitrogen and oxygen atoms in total. The van der Waals surface area contributed by atoms with Crippen LogP contribution in [0.5, 0.6) is 5.75 Å². The third kappa shape index (κ3) is 4.05. The minimum atomic E-state index is -0.519. The van der Waals surface area contributed by atoms with Gasteiger partial charge in [0.15, 0.2) is 0 Å². The Labute approximate surface area is 140 Å². The highest BCUT2D eigenvalue weighted by atomic mass is 79.9. The molecule has 0 aliphatic carbocycles. The van der Waals surface area contributed by atoms with Crippen LogP contribution in [0.1, 0.15) is 30.5 Å². The molecule has 0 aliphatic heterocycles. The van der Waals surface area contributed by atoms with Crippen molar-refractivity contribution >= 4 is 31.9 Å². The van der Waals surface area contributed by atoms with E-state index in [0.29, 0.717) is 16.6 Å². The molecule has 0 radical (unpaired) electrons. The maximum Gasteiger partial charge on any atom is 0.133 e. The van der Waals surface area contributed by atoms with Gasteiger partial charge in [-0.05, 0) is 52.2 Å². The van der Waals surface area contributed by atoms with E-state index in [1.165, 1.54) is 6.07 Å². The predicted octanol–water partition coefficient (Wildman–Crippen LogP) is 5.19. The van der Waals surface area contributed by atoms with E-state index in [4.69, 9.17) is 10.5 Å². The number of benzene rings is 2. The summed E-state index contributed by atoms with van der Waals surface area (Å²) in [6.07, 6.45) is 0.942. The van der Waals surface area contributed by atoms with Crippen molar-refractivity contribution in [1.29, 1.82) is 0 Å². The van der Waals surface area contributed by atoms with E-state index < -0.39 is 6.04 Å². The fourth-order valence-corrected chi connectivity index (χ4v) is 2.82. The fraction of sp³-hybridized carbons (Fsp3) is 0.250. The molecule has 2 aromatic carbocycles. The van der Waals surface area contributed by atoms with Crippen molar-refractivity contribution in [2.45, 2.75) is 19.4 Å². The summed E-state index contributed by atoms with van der Waals surface area (Å²) in [6.45, 7) is 2.71. The molecule has 2 N–H and O–H groups in total. The SMILES string of the molecule is CCCOc1ccc(C(N)c2ccc(Br)cc2F)cc1Br. The van der Waals surface area contributed by atoms with Gasteiger partial charge in [0.2, 0.25) is 0 Å². The Bertz CT molecular complexity index is 634. The van der Waals surface area contributed by atoms with Gasteiger partial charge >= 0.3 is 0 Å². The van der Waals surface area contributed by atoms with E-state index in [1.54, 1.807) is 12.1 Å². The third-order valence-corrected chi connectivity index (χ3v) is 4.19. The zero-order chi connectivity index (χ0) is 15.4. The summed E-state index contributed by atoms with van der Waals surface area (Å²) < 4.78 is 21.1. The van der Waals surface area contributed by atoms with E-state index in [0.717, 1.165) is 22.2 Å². The largest absolute Gasteiger partial charge is 0.492 e. The van der Waals surface area contributed by atoms with Crippen LogP contribution >= 0.6 is 31.9 Å². The van der Waals surface area contributed by atoms with E-state index in [9.17, 15) is 4.39 Å². The van der Waals surface area contributed by atoms with E-state index in [1.807, 2.05) is 18.2 Å². The van der Waals surface area contributed by atoms with Crippen LogP contribution in [0.2, 0.25) is 0 Å². The lowest BCUT2D eigenvalue weighted by Gasteiger charge is -2.15. The Morgan fingerprint density at radius 1 is 1.19 bits per heavy atom. The third-order valence-electron chi connectivity index (χ3n) is 3.07. The highest BCUT2D eigenvalue weighted by molar-refractivity contribution is 9.10. The van der Waals surface area contributed by atoms with Crippen LogP contribution in [-0.2, 0) is 0 Å². The topological polar surface area (TPSA) is 35.2 Å². The molecule has 0 aromatic heterocycles. The van der Waals surface area contributed by atoms with Gasteiger partial charge in [0.1, 0.15) is 11.6 Å². The van der Waals surface area contributed by atoms with Crippen LogP contribution in [0, 0.1) is 5.82 Å². The molecule has 0 bridgehead atoms. The van der Waals surface area contributed by atoms with Gasteiger partial charge < -0.3 is 10.5 Å². The molecule has 0 aliphatic rings. The van der Waals surface area contributed by atoms with E-state index >= 15 is 0 Å². The number of hydrogen-bond acceptors (Lipinski definition) is 2. The van der Waals surface area contributed by atoms with Gasteiger partial charge in [-0.1, -0.05) is 35.0 Å². The van der Waals surface area contributed by atoms with Crippen molar-refractivity contribution in [3.05, 3.63) is 62.3 Å². The standard InChI is InChI=1S/C16H16Br2FNO/c1-2-7-21-15-6-3-10(8-13(15)18)16(20)12-5-4-11(17)9-14(12)19/h3-6,8-9,16H,2,7,20H2,1H3. The van der Waals surface area contributed by atoms with Gasteiger partial charge in [0.05, 0.1) is 17.1 Å². The molecule has 0 heterocycles. The van der Waals surface area contributed by atoms with Gasteiger partial charge in [-0.3, -0.25) is 0 Å². The number of hydrogen-bond donors (Lipinski definition) is 1. The summed E-state index contributed by atoms with van der Waals surface area (Å²) in [5, 5.41) is 0. The van der Waals surface area contributed by atoms with Crippen molar-refractivity contribution in [2.24, 2.45) is 5.73 Å². The Kier molecular flexibility index (Phi) is 5.79. The van der Waals surface area contributed by atoms with Crippen molar-refractivity contribution in [3.8, 4) is 5.75 Å². The molecular formula is C16H16Br2FNO. The molecule has 1 atom stereocenters. The van der Waals surface area contributed by atoms with E-state index in [2.05, 4.69) is 38.8 Å². The molecule has 5 heteroatoms. The number of nitrogens with two attached hydrogens (primary N) is 1. The Hall–Kier alpha value is -0.910. The quantitative estimate of drug-likeness (QED) is 0.727. The molecule has 0 saturated heterocycles. The zero-order valence-electron chi connectivity index (χ0n) is 11.6. The van der Waals surface area contributed by atoms with Crippen LogP contribution in [-0.4, -0.2) is 6.61 Å². The molecule has 0 spiro atoms. The molecule has 2 rings (SSSR count). The summed E-state index contributed by atoms with van der Waals surface area (Å²) in [4.78, 5) is 0. The number of rotatable bonds is 5. The Morgan fingerprint density at radius 2 is 1.95 bits per heavy atom. The smallest absolute Gasteiger partial charge is 0.133 e. The highest BCUT2D eigenvalue weighted by Gasteiger charge is 2.15. The van der Waals surface area contributed by atoms with E-state index in [-0.39, 0.29) is 5.82 Å². The lowest BCUT2D eigenvalue weighted by atomic mass is 9.99. The highest BCUT2D eigenvalue weighted by Crippen LogP contribution is 2.31. The minimum Gasteiger partial charge on any atom is -0.492 e. The average Bonchev–Trinajstić information content (AvgIpc) is 2.45. The zero-order valence-corrected chi connectivity index (χ0v) is 14.7. The summed E-state index contributed by atoms with van der Waals surface area (Å²) in [5.74, 6) is 0.448. The van der Waals surface area contributed by atoms with Gasteiger partial charge in [-0.15, -0.1) is 0 Å². The maximum atomic E-state index is 14.0. The maximum absolute atomic E-state index is 14.0. The first-order valence-electron chi connectivity index (χ1n) is 6.65. The summed E-state index contributed by atoms with van der Waals surface area (Å²) in [7, 11) is 0. The van der Waals surface area contributed by atoms with Crippen LogP contribution in [0.4, 0.5) is 4.39 Å². The second-order valence-corrected chi connectivity index (χ2v) is 6.45. The molecule has 0 amide bonds. The molecular weight excluding hydrogens is 401 g/mol. The van der Waals surface area contributed by atoms with Crippen LogP contribution in [0.25, 0.3) is 0 Å². The molecule has 21 heavy (non-hydrogen) atoms. The molecule has 1 unspecified atom stereocenters. The van der Waals surface area contributed by atoms with Crippen molar-refractivity contribution in [1.82, 2.24) is 0 Å². The summed E-state index contributed by atoms with van der Waals surface area (Å²) in [5.41, 5.74) is 7.46. The van der Waals surface area contributed by atoms with Crippen LogP contribution in [0.3, 0.4) is 0 Å². The van der Waals surface area contributed by atoms with Crippen LogP contribution in [0.15, 0.2) is 45.3 Å². The number of ether oxygens (including phenoxy) is 1. The van der Waals surface area contributed by atoms with Crippen molar-refractivity contribution < 1.29 is 9.13 Å². The molecule has 0 saturated carbocycles. The Morgan fingerprint density at radius 3 is 2.57 bits per heavy atom. The summed E-state index contributed by atoms with van der Waals surface area (Å²) >= 11 is 6.71. The van der Waals surface area contributed by atoms with Crippen molar-refractivity contribution in [2.75, 3.05) is 6.61 Å². The van der Waals surface area contributed by atoms with Gasteiger partial charge in [0, 0.05) is 10.0 Å². The first-order valence-corrected chi connectivity index (χ1v) is 8.24. The first kappa shape index (κ1) is 16.5. The van der Waals surface area contributed by atoms with Crippen molar-refractivity contribution in [3.63, 3.8) is 0 Å². The average molecular weight is 417 g/mol. The normalized spacial score (nSPS) is 12.2. The second-order valence-electron chi connectivity index (χ2n) is 4.68. The van der Waals surface area contributed by atoms with Crippen LogP contribution < -0.4 is 10.5 Å². The number of halogens is 3. The lowest BCUT2D eigenvalue weighted by molar-refractivity contribution is 0.315. The monoisotopic (exact) mass is 415 g/mol. The minimum absolute atomic E-state index is 0.320. The molecule has 2 aromatic rings. The summed E-state index contributed by atoms with van der Waals surface area (Å²) in [6, 6.07) is 9.97.